The lowest BCUT2D eigenvalue weighted by Gasteiger charge is -2.34. The average molecular weight is 469 g/mol. The monoisotopic (exact) mass is 468 g/mol. The molecule has 0 bridgehead atoms. The molecule has 2 saturated heterocycles. The topological polar surface area (TPSA) is 104 Å². The summed E-state index contributed by atoms with van der Waals surface area (Å²) in [4.78, 5) is 32.4. The molecule has 178 valence electrons. The Morgan fingerprint density at radius 3 is 2.66 bits per heavy atom. The van der Waals surface area contributed by atoms with Crippen molar-refractivity contribution in [2.75, 3.05) is 44.2 Å². The van der Waals surface area contributed by atoms with Crippen molar-refractivity contribution < 1.29 is 24.2 Å². The Kier molecular flexibility index (Phi) is 7.09. The molecule has 3 rings (SSSR count). The number of amides is 1. The first-order chi connectivity index (χ1) is 14.8. The highest BCUT2D eigenvalue weighted by Gasteiger charge is 2.34. The Balaban J connectivity index is 1.73. The van der Waals surface area contributed by atoms with Gasteiger partial charge in [-0.25, -0.2) is 14.6 Å². The standard InChI is InChI=1S/C22H33ClN4O5/c1-21(2,3)32-20(30)26-9-7-24-14(11-26)12-31-15-10-16(23)25-18(17(15)19(28)29)27-8-6-22(4,5)13-27/h10,14,24H,6-9,11-13H2,1-5H3,(H,28,29)/t14-/m1/s1. The van der Waals surface area contributed by atoms with Crippen LogP contribution < -0.4 is 15.0 Å². The van der Waals surface area contributed by atoms with Gasteiger partial charge in [-0.15, -0.1) is 0 Å². The molecule has 1 amide bonds. The van der Waals surface area contributed by atoms with E-state index in [4.69, 9.17) is 21.1 Å². The first-order valence-corrected chi connectivity index (χ1v) is 11.3. The minimum atomic E-state index is -1.11. The lowest BCUT2D eigenvalue weighted by Crippen LogP contribution is -2.55. The van der Waals surface area contributed by atoms with Gasteiger partial charge in [0.1, 0.15) is 34.5 Å². The predicted molar refractivity (Wildman–Crippen MR) is 122 cm³/mol. The number of carbonyl (C=O) groups excluding carboxylic acids is 1. The molecule has 2 aliphatic heterocycles. The number of nitrogens with zero attached hydrogens (tertiary/aromatic N) is 3. The highest BCUT2D eigenvalue weighted by molar-refractivity contribution is 6.29. The zero-order chi connectivity index (χ0) is 23.7. The number of pyridine rings is 1. The fourth-order valence-electron chi connectivity index (χ4n) is 3.94. The fourth-order valence-corrected chi connectivity index (χ4v) is 4.12. The van der Waals surface area contributed by atoms with Gasteiger partial charge in [0, 0.05) is 38.8 Å². The van der Waals surface area contributed by atoms with Crippen LogP contribution in [-0.2, 0) is 4.74 Å². The van der Waals surface area contributed by atoms with Crippen LogP contribution in [0, 0.1) is 5.41 Å². The molecule has 0 spiro atoms. The van der Waals surface area contributed by atoms with Crippen LogP contribution >= 0.6 is 11.6 Å². The number of aromatic nitrogens is 1. The molecular formula is C22H33ClN4O5. The maximum absolute atomic E-state index is 12.4. The summed E-state index contributed by atoms with van der Waals surface area (Å²) < 4.78 is 11.4. The van der Waals surface area contributed by atoms with E-state index in [2.05, 4.69) is 24.1 Å². The van der Waals surface area contributed by atoms with Gasteiger partial charge in [-0.2, -0.15) is 0 Å². The predicted octanol–water partition coefficient (Wildman–Crippen LogP) is 3.26. The van der Waals surface area contributed by atoms with Crippen molar-refractivity contribution in [2.24, 2.45) is 5.41 Å². The number of nitrogens with one attached hydrogen (secondary N) is 1. The minimum Gasteiger partial charge on any atom is -0.491 e. The van der Waals surface area contributed by atoms with E-state index < -0.39 is 11.6 Å². The van der Waals surface area contributed by atoms with Gasteiger partial charge in [-0.1, -0.05) is 25.4 Å². The highest BCUT2D eigenvalue weighted by Crippen LogP contribution is 2.37. The van der Waals surface area contributed by atoms with Gasteiger partial charge in [0.05, 0.1) is 6.04 Å². The Morgan fingerprint density at radius 1 is 1.34 bits per heavy atom. The molecule has 2 aliphatic rings. The summed E-state index contributed by atoms with van der Waals surface area (Å²) in [5, 5.41) is 13.4. The van der Waals surface area contributed by atoms with Crippen molar-refractivity contribution in [1.82, 2.24) is 15.2 Å². The summed E-state index contributed by atoms with van der Waals surface area (Å²) in [6, 6.07) is 1.25. The third kappa shape index (κ3) is 6.16. The second-order valence-electron chi connectivity index (χ2n) is 10.2. The van der Waals surface area contributed by atoms with Gasteiger partial charge in [0.25, 0.3) is 0 Å². The number of carboxylic acids is 1. The van der Waals surface area contributed by atoms with E-state index in [0.717, 1.165) is 6.42 Å². The van der Waals surface area contributed by atoms with E-state index in [0.29, 0.717) is 38.5 Å². The van der Waals surface area contributed by atoms with Gasteiger partial charge in [0.15, 0.2) is 0 Å². The quantitative estimate of drug-likeness (QED) is 0.634. The van der Waals surface area contributed by atoms with E-state index in [1.54, 1.807) is 4.90 Å². The zero-order valence-electron chi connectivity index (χ0n) is 19.4. The number of halogens is 1. The van der Waals surface area contributed by atoms with Gasteiger partial charge >= 0.3 is 12.1 Å². The smallest absolute Gasteiger partial charge is 0.410 e. The summed E-state index contributed by atoms with van der Waals surface area (Å²) in [5.74, 6) is -0.609. The largest absolute Gasteiger partial charge is 0.491 e. The fraction of sp³-hybridized carbons (Fsp3) is 0.682. The van der Waals surface area contributed by atoms with Crippen molar-refractivity contribution in [2.45, 2.75) is 52.7 Å². The molecular weight excluding hydrogens is 436 g/mol. The Bertz CT molecular complexity index is 871. The van der Waals surface area contributed by atoms with Crippen molar-refractivity contribution in [1.29, 1.82) is 0 Å². The average Bonchev–Trinajstić information content (AvgIpc) is 3.04. The lowest BCUT2D eigenvalue weighted by molar-refractivity contribution is 0.0178. The van der Waals surface area contributed by atoms with E-state index in [-0.39, 0.29) is 40.6 Å². The van der Waals surface area contributed by atoms with Crippen molar-refractivity contribution in [3.05, 3.63) is 16.8 Å². The van der Waals surface area contributed by atoms with Crippen molar-refractivity contribution >= 4 is 29.5 Å². The van der Waals surface area contributed by atoms with Crippen LogP contribution in [0.15, 0.2) is 6.07 Å². The summed E-state index contributed by atoms with van der Waals surface area (Å²) >= 11 is 6.23. The summed E-state index contributed by atoms with van der Waals surface area (Å²) in [6.07, 6.45) is 0.560. The van der Waals surface area contributed by atoms with Crippen LogP contribution in [0.2, 0.25) is 5.15 Å². The van der Waals surface area contributed by atoms with Crippen LogP contribution in [0.25, 0.3) is 0 Å². The van der Waals surface area contributed by atoms with E-state index in [1.807, 2.05) is 25.7 Å². The number of carbonyl (C=O) groups is 2. The number of rotatable bonds is 5. The molecule has 9 nitrogen and oxygen atoms in total. The van der Waals surface area contributed by atoms with Crippen LogP contribution in [0.1, 0.15) is 51.4 Å². The maximum atomic E-state index is 12.4. The van der Waals surface area contributed by atoms with E-state index in [9.17, 15) is 14.7 Å². The summed E-state index contributed by atoms with van der Waals surface area (Å²) in [6.45, 7) is 12.8. The Labute approximate surface area is 194 Å². The number of anilines is 1. The SMILES string of the molecule is CC1(C)CCN(c2nc(Cl)cc(OC[C@H]3CN(C(=O)OC(C)(C)C)CCN3)c2C(=O)O)C1. The normalized spacial score (nSPS) is 20.9. The molecule has 2 N–H and O–H groups in total. The van der Waals surface area contributed by atoms with Crippen molar-refractivity contribution in [3.63, 3.8) is 0 Å². The number of hydrogen-bond acceptors (Lipinski definition) is 7. The second-order valence-corrected chi connectivity index (χ2v) is 10.6. The molecule has 0 aliphatic carbocycles. The molecule has 0 aromatic carbocycles. The number of ether oxygens (including phenoxy) is 2. The van der Waals surface area contributed by atoms with E-state index in [1.165, 1.54) is 6.07 Å². The zero-order valence-corrected chi connectivity index (χ0v) is 20.2. The van der Waals surface area contributed by atoms with Gasteiger partial charge in [-0.3, -0.25) is 0 Å². The van der Waals surface area contributed by atoms with Crippen LogP contribution in [0.3, 0.4) is 0 Å². The van der Waals surface area contributed by atoms with E-state index >= 15 is 0 Å². The molecule has 32 heavy (non-hydrogen) atoms. The van der Waals surface area contributed by atoms with Crippen LogP contribution in [-0.4, -0.2) is 78.0 Å². The number of carboxylic acid groups (broad SMARTS) is 1. The summed E-state index contributed by atoms with van der Waals surface area (Å²) in [5.41, 5.74) is -0.497. The van der Waals surface area contributed by atoms with Gasteiger partial charge < -0.3 is 29.7 Å². The molecule has 0 saturated carbocycles. The van der Waals surface area contributed by atoms with Crippen LogP contribution in [0.5, 0.6) is 5.75 Å². The van der Waals surface area contributed by atoms with Crippen LogP contribution in [0.4, 0.5) is 10.6 Å². The van der Waals surface area contributed by atoms with Gasteiger partial charge in [0.2, 0.25) is 0 Å². The molecule has 1 aromatic rings. The molecule has 1 atom stereocenters. The number of hydrogen-bond donors (Lipinski definition) is 2. The van der Waals surface area contributed by atoms with Crippen molar-refractivity contribution in [3.8, 4) is 5.75 Å². The molecule has 10 heteroatoms. The third-order valence-corrected chi connectivity index (χ3v) is 5.66. The molecule has 1 aromatic heterocycles. The first kappa shape index (κ1) is 24.4. The Morgan fingerprint density at radius 2 is 2.06 bits per heavy atom. The molecule has 3 heterocycles. The van der Waals surface area contributed by atoms with Gasteiger partial charge in [-0.05, 0) is 32.6 Å². The Hall–Kier alpha value is -2.26. The second kappa shape index (κ2) is 9.31. The molecule has 2 fully saturated rings. The number of piperazine rings is 1. The lowest BCUT2D eigenvalue weighted by atomic mass is 9.93. The summed E-state index contributed by atoms with van der Waals surface area (Å²) in [7, 11) is 0. The first-order valence-electron chi connectivity index (χ1n) is 10.9. The molecule has 0 unspecified atom stereocenters. The number of aromatic carboxylic acids is 1. The minimum absolute atomic E-state index is 0.00640. The molecule has 0 radical (unpaired) electrons. The maximum Gasteiger partial charge on any atom is 0.410 e. The highest BCUT2D eigenvalue weighted by atomic mass is 35.5. The third-order valence-electron chi connectivity index (χ3n) is 5.47.